The van der Waals surface area contributed by atoms with Crippen LogP contribution in [-0.2, 0) is 24.6 Å². The summed E-state index contributed by atoms with van der Waals surface area (Å²) in [5.74, 6) is 4.43. The van der Waals surface area contributed by atoms with Gasteiger partial charge in [-0.2, -0.15) is 49.9 Å². The van der Waals surface area contributed by atoms with E-state index >= 15 is 0 Å². The first kappa shape index (κ1) is 32.7. The normalized spacial score (nSPS) is 11.9. The van der Waals surface area contributed by atoms with Crippen LogP contribution in [0.2, 0.25) is 0 Å². The van der Waals surface area contributed by atoms with Crippen LogP contribution in [0.25, 0.3) is 0 Å². The Hall–Kier alpha value is -2.50. The summed E-state index contributed by atoms with van der Waals surface area (Å²) >= 11 is 2.98. The van der Waals surface area contributed by atoms with Crippen molar-refractivity contribution in [2.24, 2.45) is 0 Å². The van der Waals surface area contributed by atoms with E-state index < -0.39 is 30.4 Å². The Morgan fingerprint density at radius 1 is 0.795 bits per heavy atom. The van der Waals surface area contributed by atoms with Crippen LogP contribution in [0.3, 0.4) is 0 Å². The number of thioether (sulfide) groups is 2. The lowest BCUT2D eigenvalue weighted by Crippen LogP contribution is -2.30. The van der Waals surface area contributed by atoms with Gasteiger partial charge in [-0.1, -0.05) is 0 Å². The monoisotopic (exact) mass is 605 g/mol. The maximum atomic E-state index is 12.2. The second kappa shape index (κ2) is 16.6. The number of nitro groups is 1. The highest BCUT2D eigenvalue weighted by molar-refractivity contribution is 7.98. The SMILES string of the molecule is O=[N+]([O-])C=C(NCCSCc1ccc(CNCC(F)(F)F)o1)NCCSCc1ccc(CNCC(F)(F)F)o1. The Labute approximate surface area is 229 Å². The average Bonchev–Trinajstić information content (AvgIpc) is 3.46. The molecule has 0 saturated heterocycles. The molecule has 0 bridgehead atoms. The first-order valence-corrected chi connectivity index (χ1v) is 13.9. The summed E-state index contributed by atoms with van der Waals surface area (Å²) in [6.45, 7) is -1.43. The number of alkyl halides is 6. The van der Waals surface area contributed by atoms with Crippen molar-refractivity contribution in [1.29, 1.82) is 0 Å². The lowest BCUT2D eigenvalue weighted by molar-refractivity contribution is -0.404. The Morgan fingerprint density at radius 3 is 1.59 bits per heavy atom. The van der Waals surface area contributed by atoms with Crippen molar-refractivity contribution in [3.05, 3.63) is 69.4 Å². The fourth-order valence-corrected chi connectivity index (χ4v) is 4.46. The first-order chi connectivity index (χ1) is 18.4. The van der Waals surface area contributed by atoms with E-state index in [9.17, 15) is 36.5 Å². The van der Waals surface area contributed by atoms with Crippen LogP contribution >= 0.6 is 23.5 Å². The molecular formula is C22H29F6N5O4S2. The highest BCUT2D eigenvalue weighted by Gasteiger charge is 2.27. The van der Waals surface area contributed by atoms with Gasteiger partial charge < -0.3 is 30.1 Å². The van der Waals surface area contributed by atoms with Crippen molar-refractivity contribution in [2.75, 3.05) is 37.7 Å². The predicted octanol–water partition coefficient (Wildman–Crippen LogP) is 4.60. The van der Waals surface area contributed by atoms with E-state index in [0.717, 1.165) is 6.20 Å². The Morgan fingerprint density at radius 2 is 1.21 bits per heavy atom. The van der Waals surface area contributed by atoms with Crippen molar-refractivity contribution in [1.82, 2.24) is 21.3 Å². The molecule has 220 valence electrons. The van der Waals surface area contributed by atoms with Gasteiger partial charge in [0.05, 0.1) is 42.6 Å². The van der Waals surface area contributed by atoms with Gasteiger partial charge in [-0.15, -0.1) is 0 Å². The third kappa shape index (κ3) is 16.3. The second-order valence-corrected chi connectivity index (χ2v) is 10.2. The molecule has 2 aromatic heterocycles. The molecule has 0 aliphatic rings. The van der Waals surface area contributed by atoms with Crippen molar-refractivity contribution < 1.29 is 40.1 Å². The first-order valence-electron chi connectivity index (χ1n) is 11.6. The average molecular weight is 606 g/mol. The van der Waals surface area contributed by atoms with Crippen LogP contribution in [0.5, 0.6) is 0 Å². The zero-order valence-corrected chi connectivity index (χ0v) is 22.3. The fourth-order valence-electron chi connectivity index (χ4n) is 2.97. The number of hydrogen-bond donors (Lipinski definition) is 4. The van der Waals surface area contributed by atoms with Gasteiger partial charge in [0.1, 0.15) is 23.0 Å². The maximum Gasteiger partial charge on any atom is 0.401 e. The molecule has 0 unspecified atom stereocenters. The standard InChI is InChI=1S/C22H29F6N5O4S2/c23-21(24,25)14-29-9-16-1-3-18(36-16)12-38-7-5-31-20(11-33(34)35)32-6-8-39-13-19-4-2-17(37-19)10-30-15-22(26,27)28/h1-4,11,29-32H,5-10,12-15H2. The molecule has 0 aromatic carbocycles. The third-order valence-corrected chi connectivity index (χ3v) is 6.49. The summed E-state index contributed by atoms with van der Waals surface area (Å²) in [5.41, 5.74) is 0. The number of halogens is 6. The van der Waals surface area contributed by atoms with Crippen LogP contribution in [-0.4, -0.2) is 55.0 Å². The van der Waals surface area contributed by atoms with Crippen molar-refractivity contribution in [2.45, 2.75) is 36.9 Å². The van der Waals surface area contributed by atoms with Crippen molar-refractivity contribution >= 4 is 23.5 Å². The summed E-state index contributed by atoms with van der Waals surface area (Å²) in [7, 11) is 0. The van der Waals surface area contributed by atoms with E-state index in [2.05, 4.69) is 21.3 Å². The highest BCUT2D eigenvalue weighted by Crippen LogP contribution is 2.18. The molecule has 0 aliphatic heterocycles. The van der Waals surface area contributed by atoms with Crippen LogP contribution in [0.1, 0.15) is 23.0 Å². The van der Waals surface area contributed by atoms with E-state index in [-0.39, 0.29) is 18.9 Å². The van der Waals surface area contributed by atoms with Crippen LogP contribution < -0.4 is 21.3 Å². The molecule has 0 saturated carbocycles. The summed E-state index contributed by atoms with van der Waals surface area (Å²) in [6, 6.07) is 6.60. The predicted molar refractivity (Wildman–Crippen MR) is 136 cm³/mol. The molecule has 0 amide bonds. The number of hydrogen-bond acceptors (Lipinski definition) is 10. The molecule has 0 aliphatic carbocycles. The quantitative estimate of drug-likeness (QED) is 0.0784. The molecule has 17 heteroatoms. The third-order valence-electron chi connectivity index (χ3n) is 4.53. The van der Waals surface area contributed by atoms with E-state index in [1.54, 1.807) is 24.3 Å². The van der Waals surface area contributed by atoms with Crippen LogP contribution in [0, 0.1) is 10.1 Å². The topological polar surface area (TPSA) is 118 Å². The minimum Gasteiger partial charge on any atom is -0.464 e. The van der Waals surface area contributed by atoms with E-state index in [4.69, 9.17) is 8.83 Å². The summed E-state index contributed by atoms with van der Waals surface area (Å²) in [4.78, 5) is 10.3. The van der Waals surface area contributed by atoms with Gasteiger partial charge in [-0.25, -0.2) is 0 Å². The molecule has 4 N–H and O–H groups in total. The van der Waals surface area contributed by atoms with E-state index in [0.29, 0.717) is 59.1 Å². The Bertz CT molecular complexity index is 959. The summed E-state index contributed by atoms with van der Waals surface area (Å²) in [5, 5.41) is 21.3. The fraction of sp³-hybridized carbons (Fsp3) is 0.545. The molecule has 0 spiro atoms. The van der Waals surface area contributed by atoms with Gasteiger partial charge in [0.15, 0.2) is 5.82 Å². The molecule has 9 nitrogen and oxygen atoms in total. The van der Waals surface area contributed by atoms with Crippen LogP contribution in [0.4, 0.5) is 26.3 Å². The maximum absolute atomic E-state index is 12.2. The Kier molecular flexibility index (Phi) is 13.9. The number of nitrogens with zero attached hydrogens (tertiary/aromatic N) is 1. The summed E-state index contributed by atoms with van der Waals surface area (Å²) in [6.07, 6.45) is -7.75. The van der Waals surface area contributed by atoms with Crippen LogP contribution in [0.15, 0.2) is 45.1 Å². The highest BCUT2D eigenvalue weighted by atomic mass is 32.2. The van der Waals surface area contributed by atoms with E-state index in [1.807, 2.05) is 0 Å². The van der Waals surface area contributed by atoms with Crippen molar-refractivity contribution in [3.8, 4) is 0 Å². The zero-order chi connectivity index (χ0) is 28.7. The largest absolute Gasteiger partial charge is 0.464 e. The molecule has 0 fully saturated rings. The number of furan rings is 2. The van der Waals surface area contributed by atoms with E-state index in [1.165, 1.54) is 23.5 Å². The molecule has 2 heterocycles. The molecular weight excluding hydrogens is 576 g/mol. The lowest BCUT2D eigenvalue weighted by atomic mass is 10.4. The smallest absolute Gasteiger partial charge is 0.401 e. The summed E-state index contributed by atoms with van der Waals surface area (Å²) < 4.78 is 84.0. The van der Waals surface area contributed by atoms with Gasteiger partial charge >= 0.3 is 12.4 Å². The van der Waals surface area contributed by atoms with Gasteiger partial charge in [0.2, 0.25) is 0 Å². The number of nitrogens with one attached hydrogen (secondary N) is 4. The molecule has 39 heavy (non-hydrogen) atoms. The van der Waals surface area contributed by atoms with Gasteiger partial charge in [0.25, 0.3) is 6.20 Å². The molecule has 0 atom stereocenters. The molecule has 2 rings (SSSR count). The van der Waals surface area contributed by atoms with Gasteiger partial charge in [-0.3, -0.25) is 10.1 Å². The minimum atomic E-state index is -4.29. The number of rotatable bonds is 19. The minimum absolute atomic E-state index is 0.0316. The lowest BCUT2D eigenvalue weighted by Gasteiger charge is -2.11. The van der Waals surface area contributed by atoms with Gasteiger partial charge in [0, 0.05) is 24.6 Å². The van der Waals surface area contributed by atoms with Crippen molar-refractivity contribution in [3.63, 3.8) is 0 Å². The molecule has 2 aromatic rings. The Balaban J connectivity index is 1.59. The van der Waals surface area contributed by atoms with Gasteiger partial charge in [-0.05, 0) is 24.3 Å². The molecule has 0 radical (unpaired) electrons. The second-order valence-electron chi connectivity index (χ2n) is 7.96. The zero-order valence-electron chi connectivity index (χ0n) is 20.6.